The van der Waals surface area contributed by atoms with E-state index in [0.717, 1.165) is 27.1 Å². The summed E-state index contributed by atoms with van der Waals surface area (Å²) in [5.74, 6) is -0.980. The molecule has 0 aliphatic carbocycles. The Labute approximate surface area is 202 Å². The maximum Gasteiger partial charge on any atom is 0.306 e. The van der Waals surface area contributed by atoms with Gasteiger partial charge in [-0.15, -0.1) is 0 Å². The summed E-state index contributed by atoms with van der Waals surface area (Å²) in [6, 6.07) is 10.5. The summed E-state index contributed by atoms with van der Waals surface area (Å²) in [7, 11) is -4.68. The van der Waals surface area contributed by atoms with Gasteiger partial charge >= 0.3 is 5.97 Å². The van der Waals surface area contributed by atoms with E-state index >= 15 is 0 Å². The van der Waals surface area contributed by atoms with Gasteiger partial charge in [-0.1, -0.05) is 18.2 Å². The third-order valence-corrected chi connectivity index (χ3v) is 7.93. The van der Waals surface area contributed by atoms with Crippen LogP contribution in [0.15, 0.2) is 41.3 Å². The first-order chi connectivity index (χ1) is 16.6. The molecule has 0 saturated carbocycles. The van der Waals surface area contributed by atoms with Crippen molar-refractivity contribution in [1.82, 2.24) is 4.90 Å². The third-order valence-electron chi connectivity index (χ3n) is 7.05. The molecule has 0 bridgehead atoms. The summed E-state index contributed by atoms with van der Waals surface area (Å²) in [6.45, 7) is 4.25. The summed E-state index contributed by atoms with van der Waals surface area (Å²) < 4.78 is 42.0. The van der Waals surface area contributed by atoms with Gasteiger partial charge in [0, 0.05) is 29.2 Å². The topological polar surface area (TPSA) is 124 Å². The fraction of sp³-hybridized carbons (Fsp3) is 0.308. The van der Waals surface area contributed by atoms with Gasteiger partial charge in [0.05, 0.1) is 10.8 Å². The SMILES string of the molecule is Cc1cc(OCC(=O)N2CCC(C(=O)O)CC2)c2ccc3c(S(=O)(=O)[O-])cc(C)c4ccc1c2c43. The van der Waals surface area contributed by atoms with Crippen LogP contribution in [0.2, 0.25) is 0 Å². The first-order valence-corrected chi connectivity index (χ1v) is 12.8. The molecule has 0 aromatic heterocycles. The van der Waals surface area contributed by atoms with Crippen molar-refractivity contribution in [3.05, 3.63) is 47.5 Å². The molecule has 0 radical (unpaired) electrons. The molecule has 8 nitrogen and oxygen atoms in total. The van der Waals surface area contributed by atoms with Gasteiger partial charge in [-0.3, -0.25) is 9.59 Å². The number of aliphatic carboxylic acids is 1. The number of benzene rings is 4. The largest absolute Gasteiger partial charge is 0.744 e. The summed E-state index contributed by atoms with van der Waals surface area (Å²) in [5.41, 5.74) is 1.58. The molecule has 35 heavy (non-hydrogen) atoms. The Balaban J connectivity index is 1.55. The number of piperidine rings is 1. The van der Waals surface area contributed by atoms with Crippen LogP contribution in [-0.2, 0) is 19.7 Å². The van der Waals surface area contributed by atoms with Gasteiger partial charge in [0.1, 0.15) is 15.9 Å². The molecule has 5 rings (SSSR count). The van der Waals surface area contributed by atoms with Crippen LogP contribution in [0.25, 0.3) is 32.3 Å². The van der Waals surface area contributed by atoms with Gasteiger partial charge in [-0.2, -0.15) is 0 Å². The number of carbonyl (C=O) groups excluding carboxylic acids is 1. The monoisotopic (exact) mass is 494 g/mol. The Morgan fingerprint density at radius 1 is 0.971 bits per heavy atom. The predicted molar refractivity (Wildman–Crippen MR) is 130 cm³/mol. The fourth-order valence-electron chi connectivity index (χ4n) is 5.20. The second kappa shape index (κ2) is 8.35. The van der Waals surface area contributed by atoms with E-state index in [2.05, 4.69) is 0 Å². The second-order valence-corrected chi connectivity index (χ2v) is 10.5. The molecular weight excluding hydrogens is 470 g/mol. The molecule has 0 unspecified atom stereocenters. The van der Waals surface area contributed by atoms with E-state index in [4.69, 9.17) is 9.84 Å². The molecular formula is C26H24NO7S-. The number of aryl methyl sites for hydroxylation is 2. The lowest BCUT2D eigenvalue weighted by Crippen LogP contribution is -2.42. The number of hydrogen-bond donors (Lipinski definition) is 1. The highest BCUT2D eigenvalue weighted by molar-refractivity contribution is 7.86. The molecule has 1 amide bonds. The Hall–Kier alpha value is -3.43. The van der Waals surface area contributed by atoms with E-state index in [-0.39, 0.29) is 17.4 Å². The van der Waals surface area contributed by atoms with Crippen molar-refractivity contribution in [3.63, 3.8) is 0 Å². The number of carbonyl (C=O) groups is 2. The molecule has 182 valence electrons. The standard InChI is InChI=1S/C26H25NO7S/c1-14-11-21(34-13-23(28)27-9-7-16(8-10-27)26(29)30)19-5-6-20-22(35(31,32)33)12-15(2)18-4-3-17(14)24(19)25(18)20/h3-6,11-12,16H,7-10,13H2,1-2H3,(H,29,30)(H,31,32,33)/p-1. The van der Waals surface area contributed by atoms with Crippen LogP contribution in [0.4, 0.5) is 0 Å². The van der Waals surface area contributed by atoms with Gasteiger partial charge < -0.3 is 19.3 Å². The van der Waals surface area contributed by atoms with Gasteiger partial charge in [0.2, 0.25) is 0 Å². The number of likely N-dealkylation sites (tertiary alicyclic amines) is 1. The summed E-state index contributed by atoms with van der Waals surface area (Å²) in [4.78, 5) is 25.3. The van der Waals surface area contributed by atoms with Crippen LogP contribution in [0.5, 0.6) is 5.75 Å². The first-order valence-electron chi connectivity index (χ1n) is 11.4. The van der Waals surface area contributed by atoms with Gasteiger partial charge in [0.15, 0.2) is 6.61 Å². The molecule has 1 heterocycles. The Bertz CT molecular complexity index is 1600. The van der Waals surface area contributed by atoms with Crippen molar-refractivity contribution < 1.29 is 32.4 Å². The molecule has 1 aliphatic heterocycles. The maximum absolute atomic E-state index is 12.8. The zero-order chi connectivity index (χ0) is 25.1. The molecule has 4 aromatic carbocycles. The normalized spacial score (nSPS) is 15.3. The number of ether oxygens (including phenoxy) is 1. The second-order valence-electron chi connectivity index (χ2n) is 9.19. The minimum Gasteiger partial charge on any atom is -0.744 e. The maximum atomic E-state index is 12.8. The molecule has 1 aliphatic rings. The smallest absolute Gasteiger partial charge is 0.306 e. The minimum absolute atomic E-state index is 0.194. The number of amides is 1. The highest BCUT2D eigenvalue weighted by Crippen LogP contribution is 2.43. The number of nitrogens with zero attached hydrogens (tertiary/aromatic N) is 1. The van der Waals surface area contributed by atoms with Crippen LogP contribution < -0.4 is 4.74 Å². The summed E-state index contributed by atoms with van der Waals surface area (Å²) in [6.07, 6.45) is 0.840. The van der Waals surface area contributed by atoms with Gasteiger partial charge in [-0.25, -0.2) is 8.42 Å². The lowest BCUT2D eigenvalue weighted by molar-refractivity contribution is -0.146. The van der Waals surface area contributed by atoms with E-state index < -0.39 is 22.0 Å². The van der Waals surface area contributed by atoms with E-state index in [1.807, 2.05) is 25.1 Å². The van der Waals surface area contributed by atoms with Crippen LogP contribution in [0.3, 0.4) is 0 Å². The number of hydrogen-bond acceptors (Lipinski definition) is 6. The van der Waals surface area contributed by atoms with Crippen molar-refractivity contribution >= 4 is 54.3 Å². The van der Waals surface area contributed by atoms with Crippen LogP contribution in [-0.4, -0.2) is 54.5 Å². The highest BCUT2D eigenvalue weighted by atomic mass is 32.2. The summed E-state index contributed by atoms with van der Waals surface area (Å²) >= 11 is 0. The predicted octanol–water partition coefficient (Wildman–Crippen LogP) is 3.81. The van der Waals surface area contributed by atoms with Crippen molar-refractivity contribution in [2.45, 2.75) is 31.6 Å². The fourth-order valence-corrected chi connectivity index (χ4v) is 5.96. The quantitative estimate of drug-likeness (QED) is 0.330. The van der Waals surface area contributed by atoms with Crippen LogP contribution in [0.1, 0.15) is 24.0 Å². The Kier molecular flexibility index (Phi) is 5.56. The van der Waals surface area contributed by atoms with Crippen LogP contribution in [0, 0.1) is 19.8 Å². The zero-order valence-electron chi connectivity index (χ0n) is 19.3. The average Bonchev–Trinajstić information content (AvgIpc) is 2.82. The zero-order valence-corrected chi connectivity index (χ0v) is 20.1. The van der Waals surface area contributed by atoms with Crippen LogP contribution >= 0.6 is 0 Å². The third kappa shape index (κ3) is 3.94. The summed E-state index contributed by atoms with van der Waals surface area (Å²) in [5, 5.41) is 13.5. The molecule has 0 spiro atoms. The van der Waals surface area contributed by atoms with Crippen molar-refractivity contribution in [2.24, 2.45) is 5.92 Å². The Morgan fingerprint density at radius 2 is 1.51 bits per heavy atom. The minimum atomic E-state index is -4.68. The number of rotatable bonds is 5. The van der Waals surface area contributed by atoms with E-state index in [1.165, 1.54) is 6.07 Å². The molecule has 4 aromatic rings. The highest BCUT2D eigenvalue weighted by Gasteiger charge is 2.27. The first kappa shape index (κ1) is 23.3. The lowest BCUT2D eigenvalue weighted by atomic mass is 9.90. The van der Waals surface area contributed by atoms with E-state index in [0.29, 0.717) is 48.0 Å². The Morgan fingerprint density at radius 3 is 2.11 bits per heavy atom. The van der Waals surface area contributed by atoms with Crippen molar-refractivity contribution in [1.29, 1.82) is 0 Å². The lowest BCUT2D eigenvalue weighted by Gasteiger charge is -2.30. The van der Waals surface area contributed by atoms with Gasteiger partial charge in [0.25, 0.3) is 5.91 Å². The van der Waals surface area contributed by atoms with E-state index in [1.54, 1.807) is 24.0 Å². The molecule has 1 saturated heterocycles. The van der Waals surface area contributed by atoms with Gasteiger partial charge in [-0.05, 0) is 72.2 Å². The number of carboxylic acid groups (broad SMARTS) is 1. The molecule has 1 N–H and O–H groups in total. The van der Waals surface area contributed by atoms with Crippen molar-refractivity contribution in [3.8, 4) is 5.75 Å². The average molecular weight is 495 g/mol. The van der Waals surface area contributed by atoms with Crippen molar-refractivity contribution in [2.75, 3.05) is 19.7 Å². The molecule has 1 fully saturated rings. The molecule has 9 heteroatoms. The molecule has 0 atom stereocenters. The van der Waals surface area contributed by atoms with E-state index in [9.17, 15) is 22.6 Å². The number of carboxylic acids is 1.